The van der Waals surface area contributed by atoms with Crippen molar-refractivity contribution in [2.75, 3.05) is 32.1 Å². The van der Waals surface area contributed by atoms with Gasteiger partial charge < -0.3 is 21.7 Å². The summed E-state index contributed by atoms with van der Waals surface area (Å²) in [7, 11) is 4.08. The van der Waals surface area contributed by atoms with Crippen molar-refractivity contribution in [3.05, 3.63) is 29.8 Å². The Balaban J connectivity index is 2.31. The van der Waals surface area contributed by atoms with Gasteiger partial charge in [0.2, 0.25) is 0 Å². The summed E-state index contributed by atoms with van der Waals surface area (Å²) >= 11 is 0. The molecule has 0 radical (unpaired) electrons. The minimum atomic E-state index is 0.158. The third kappa shape index (κ3) is 6.10. The lowest BCUT2D eigenvalue weighted by molar-refractivity contribution is 0.523. The van der Waals surface area contributed by atoms with Crippen molar-refractivity contribution in [1.29, 1.82) is 0 Å². The number of guanidine groups is 1. The Morgan fingerprint density at radius 2 is 1.89 bits per heavy atom. The van der Waals surface area contributed by atoms with Gasteiger partial charge in [0.25, 0.3) is 0 Å². The molecule has 1 aromatic carbocycles. The highest BCUT2D eigenvalue weighted by Gasteiger charge is 2.01. The van der Waals surface area contributed by atoms with Crippen molar-refractivity contribution in [2.45, 2.75) is 13.5 Å². The van der Waals surface area contributed by atoms with Crippen molar-refractivity contribution in [3.8, 4) is 0 Å². The van der Waals surface area contributed by atoms with E-state index in [1.807, 2.05) is 14.1 Å². The second kappa shape index (κ2) is 7.63. The molecular formula is C14H25N5. The van der Waals surface area contributed by atoms with Crippen LogP contribution in [0.1, 0.15) is 12.5 Å². The quantitative estimate of drug-likeness (QED) is 0.501. The highest BCUT2D eigenvalue weighted by Crippen LogP contribution is 2.11. The first-order chi connectivity index (χ1) is 8.99. The third-order valence-corrected chi connectivity index (χ3v) is 2.86. The predicted octanol–water partition coefficient (Wildman–Crippen LogP) is 0.752. The van der Waals surface area contributed by atoms with E-state index >= 15 is 0 Å². The van der Waals surface area contributed by atoms with Crippen LogP contribution >= 0.6 is 0 Å². The first kappa shape index (κ1) is 15.3. The standard InChI is InChI=1S/C14H25N5/c1-11(9-18-14(15)16)8-17-10-12-4-6-13(7-5-12)19(2)3/h4-7,11,17H,8-10H2,1-3H3,(H4,15,16,18). The van der Waals surface area contributed by atoms with E-state index in [0.717, 1.165) is 13.1 Å². The molecule has 0 heterocycles. The van der Waals surface area contributed by atoms with E-state index in [4.69, 9.17) is 11.5 Å². The van der Waals surface area contributed by atoms with Crippen LogP contribution < -0.4 is 21.7 Å². The molecule has 106 valence electrons. The molecule has 0 bridgehead atoms. The van der Waals surface area contributed by atoms with Gasteiger partial charge in [0.15, 0.2) is 5.96 Å². The number of hydrogen-bond acceptors (Lipinski definition) is 3. The van der Waals surface area contributed by atoms with E-state index in [9.17, 15) is 0 Å². The molecule has 1 aromatic rings. The molecule has 0 saturated heterocycles. The monoisotopic (exact) mass is 263 g/mol. The Bertz CT molecular complexity index is 393. The summed E-state index contributed by atoms with van der Waals surface area (Å²) in [6.45, 7) is 4.54. The number of rotatable bonds is 7. The summed E-state index contributed by atoms with van der Waals surface area (Å²) in [4.78, 5) is 6.10. The van der Waals surface area contributed by atoms with Crippen molar-refractivity contribution in [2.24, 2.45) is 22.4 Å². The number of anilines is 1. The van der Waals surface area contributed by atoms with Gasteiger partial charge in [-0.05, 0) is 30.2 Å². The van der Waals surface area contributed by atoms with Crippen molar-refractivity contribution in [3.63, 3.8) is 0 Å². The van der Waals surface area contributed by atoms with E-state index in [-0.39, 0.29) is 5.96 Å². The van der Waals surface area contributed by atoms with Crippen molar-refractivity contribution >= 4 is 11.6 Å². The minimum Gasteiger partial charge on any atom is -0.378 e. The maximum atomic E-state index is 5.30. The number of nitrogens with one attached hydrogen (secondary N) is 1. The molecule has 1 rings (SSSR count). The van der Waals surface area contributed by atoms with Crippen LogP contribution in [0.15, 0.2) is 29.3 Å². The fraction of sp³-hybridized carbons (Fsp3) is 0.500. The Morgan fingerprint density at radius 1 is 1.26 bits per heavy atom. The first-order valence-electron chi connectivity index (χ1n) is 6.51. The average Bonchev–Trinajstić information content (AvgIpc) is 2.37. The van der Waals surface area contributed by atoms with Gasteiger partial charge in [-0.15, -0.1) is 0 Å². The molecule has 0 fully saturated rings. The maximum absolute atomic E-state index is 5.30. The van der Waals surface area contributed by atoms with Gasteiger partial charge in [0, 0.05) is 32.9 Å². The molecule has 5 N–H and O–H groups in total. The van der Waals surface area contributed by atoms with Crippen LogP contribution in [-0.2, 0) is 6.54 Å². The van der Waals surface area contributed by atoms with Crippen LogP contribution in [0.25, 0.3) is 0 Å². The van der Waals surface area contributed by atoms with E-state index in [1.165, 1.54) is 11.3 Å². The van der Waals surface area contributed by atoms with Crippen LogP contribution in [0.4, 0.5) is 5.69 Å². The van der Waals surface area contributed by atoms with Crippen LogP contribution in [0.5, 0.6) is 0 Å². The summed E-state index contributed by atoms with van der Waals surface area (Å²) in [6, 6.07) is 8.53. The Kier molecular flexibility index (Phi) is 6.15. The Labute approximate surface area is 115 Å². The van der Waals surface area contributed by atoms with Gasteiger partial charge in [0.05, 0.1) is 0 Å². The lowest BCUT2D eigenvalue weighted by Gasteiger charge is -2.13. The summed E-state index contributed by atoms with van der Waals surface area (Å²) in [5, 5.41) is 3.41. The molecule has 1 atom stereocenters. The summed E-state index contributed by atoms with van der Waals surface area (Å²) in [5.74, 6) is 0.578. The summed E-state index contributed by atoms with van der Waals surface area (Å²) in [5.41, 5.74) is 13.1. The van der Waals surface area contributed by atoms with Crippen molar-refractivity contribution in [1.82, 2.24) is 5.32 Å². The molecule has 5 nitrogen and oxygen atoms in total. The molecule has 1 unspecified atom stereocenters. The molecular weight excluding hydrogens is 238 g/mol. The molecule has 0 saturated carbocycles. The van der Waals surface area contributed by atoms with Gasteiger partial charge in [-0.3, -0.25) is 4.99 Å². The summed E-state index contributed by atoms with van der Waals surface area (Å²) in [6.07, 6.45) is 0. The van der Waals surface area contributed by atoms with Crippen LogP contribution in [0, 0.1) is 5.92 Å². The zero-order valence-electron chi connectivity index (χ0n) is 12.1. The molecule has 0 spiro atoms. The SMILES string of the molecule is CC(CN=C(N)N)CNCc1ccc(N(C)C)cc1. The lowest BCUT2D eigenvalue weighted by Crippen LogP contribution is -2.26. The lowest BCUT2D eigenvalue weighted by atomic mass is 10.1. The number of nitrogens with zero attached hydrogens (tertiary/aromatic N) is 2. The van der Waals surface area contributed by atoms with Crippen LogP contribution in [0.3, 0.4) is 0 Å². The molecule has 19 heavy (non-hydrogen) atoms. The zero-order chi connectivity index (χ0) is 14.3. The topological polar surface area (TPSA) is 79.7 Å². The highest BCUT2D eigenvalue weighted by molar-refractivity contribution is 5.75. The van der Waals surface area contributed by atoms with Crippen LogP contribution in [-0.4, -0.2) is 33.1 Å². The first-order valence-corrected chi connectivity index (χ1v) is 6.51. The minimum absolute atomic E-state index is 0.158. The third-order valence-electron chi connectivity index (χ3n) is 2.86. The molecule has 5 heteroatoms. The number of benzene rings is 1. The van der Waals surface area contributed by atoms with E-state index in [0.29, 0.717) is 12.5 Å². The largest absolute Gasteiger partial charge is 0.378 e. The van der Waals surface area contributed by atoms with E-state index < -0.39 is 0 Å². The highest BCUT2D eigenvalue weighted by atomic mass is 15.1. The summed E-state index contributed by atoms with van der Waals surface area (Å²) < 4.78 is 0. The second-order valence-corrected chi connectivity index (χ2v) is 5.06. The van der Waals surface area contributed by atoms with Crippen LogP contribution in [0.2, 0.25) is 0 Å². The van der Waals surface area contributed by atoms with Gasteiger partial charge in [-0.1, -0.05) is 19.1 Å². The molecule has 0 aliphatic carbocycles. The van der Waals surface area contributed by atoms with E-state index in [2.05, 4.69) is 46.4 Å². The Morgan fingerprint density at radius 3 is 2.42 bits per heavy atom. The molecule has 0 amide bonds. The van der Waals surface area contributed by atoms with Gasteiger partial charge in [0.1, 0.15) is 0 Å². The zero-order valence-corrected chi connectivity index (χ0v) is 12.1. The number of hydrogen-bond donors (Lipinski definition) is 3. The predicted molar refractivity (Wildman–Crippen MR) is 82.3 cm³/mol. The van der Waals surface area contributed by atoms with Gasteiger partial charge in [-0.25, -0.2) is 0 Å². The molecule has 0 aliphatic heterocycles. The van der Waals surface area contributed by atoms with Gasteiger partial charge in [-0.2, -0.15) is 0 Å². The molecule has 0 aliphatic rings. The fourth-order valence-corrected chi connectivity index (χ4v) is 1.70. The smallest absolute Gasteiger partial charge is 0.185 e. The normalized spacial score (nSPS) is 11.9. The maximum Gasteiger partial charge on any atom is 0.185 e. The van der Waals surface area contributed by atoms with E-state index in [1.54, 1.807) is 0 Å². The second-order valence-electron chi connectivity index (χ2n) is 5.06. The fourth-order valence-electron chi connectivity index (χ4n) is 1.70. The Hall–Kier alpha value is -1.75. The molecule has 0 aromatic heterocycles. The van der Waals surface area contributed by atoms with Gasteiger partial charge >= 0.3 is 0 Å². The van der Waals surface area contributed by atoms with Crippen molar-refractivity contribution < 1.29 is 0 Å². The number of aliphatic imine (C=N–C) groups is 1. The average molecular weight is 263 g/mol. The number of nitrogens with two attached hydrogens (primary N) is 2.